The quantitative estimate of drug-likeness (QED) is 0.718. The molecule has 0 saturated heterocycles. The zero-order valence-electron chi connectivity index (χ0n) is 15.5. The van der Waals surface area contributed by atoms with Gasteiger partial charge in [0.25, 0.3) is 5.56 Å². The maximum absolute atomic E-state index is 13.3. The van der Waals surface area contributed by atoms with Gasteiger partial charge in [-0.25, -0.2) is 4.98 Å². The van der Waals surface area contributed by atoms with Gasteiger partial charge in [0.2, 0.25) is 0 Å². The Morgan fingerprint density at radius 1 is 0.926 bits per heavy atom. The molecule has 1 spiro atoms. The molecule has 1 fully saturated rings. The molecule has 0 atom stereocenters. The van der Waals surface area contributed by atoms with E-state index in [-0.39, 0.29) is 11.0 Å². The molecule has 0 unspecified atom stereocenters. The molecule has 2 aliphatic carbocycles. The first kappa shape index (κ1) is 16.5. The Morgan fingerprint density at radius 3 is 2.48 bits per heavy atom. The van der Waals surface area contributed by atoms with Crippen LogP contribution in [0.1, 0.15) is 54.6 Å². The largest absolute Gasteiger partial charge is 0.310 e. The predicted molar refractivity (Wildman–Crippen MR) is 108 cm³/mol. The van der Waals surface area contributed by atoms with Crippen LogP contribution in [0, 0.1) is 0 Å². The molecule has 1 saturated carbocycles. The fourth-order valence-corrected chi connectivity index (χ4v) is 5.09. The number of rotatable bonds is 2. The number of hydrogen-bond donors (Lipinski definition) is 1. The van der Waals surface area contributed by atoms with Crippen LogP contribution in [-0.2, 0) is 18.3 Å². The maximum Gasteiger partial charge on any atom is 0.255 e. The highest BCUT2D eigenvalue weighted by Crippen LogP contribution is 2.48. The number of nitrogens with one attached hydrogen (secondary N) is 1. The number of benzene rings is 2. The molecule has 1 aromatic heterocycles. The van der Waals surface area contributed by atoms with E-state index in [4.69, 9.17) is 4.98 Å². The van der Waals surface area contributed by atoms with Crippen molar-refractivity contribution in [1.29, 1.82) is 0 Å². The van der Waals surface area contributed by atoms with Crippen LogP contribution in [-0.4, -0.2) is 9.97 Å². The lowest BCUT2D eigenvalue weighted by Crippen LogP contribution is -2.41. The van der Waals surface area contributed by atoms with Crippen molar-refractivity contribution in [3.63, 3.8) is 0 Å². The third kappa shape index (κ3) is 2.82. The smallest absolute Gasteiger partial charge is 0.255 e. The molecule has 3 nitrogen and oxygen atoms in total. The summed E-state index contributed by atoms with van der Waals surface area (Å²) in [6.07, 6.45) is 7.49. The molecule has 1 N–H and O–H groups in total. The summed E-state index contributed by atoms with van der Waals surface area (Å²) in [4.78, 5) is 21.4. The van der Waals surface area contributed by atoms with E-state index in [0.29, 0.717) is 6.42 Å². The van der Waals surface area contributed by atoms with Gasteiger partial charge in [-0.2, -0.15) is 0 Å². The number of aromatic nitrogens is 2. The molecule has 1 heterocycles. The van der Waals surface area contributed by atoms with Crippen LogP contribution in [0.4, 0.5) is 0 Å². The van der Waals surface area contributed by atoms with E-state index in [1.807, 2.05) is 18.2 Å². The lowest BCUT2D eigenvalue weighted by Gasteiger charge is -2.41. The van der Waals surface area contributed by atoms with Crippen molar-refractivity contribution in [2.75, 3.05) is 0 Å². The Kier molecular flexibility index (Phi) is 3.96. The summed E-state index contributed by atoms with van der Waals surface area (Å²) in [6.45, 7) is 0. The van der Waals surface area contributed by atoms with E-state index < -0.39 is 0 Å². The van der Waals surface area contributed by atoms with Gasteiger partial charge in [-0.05, 0) is 30.4 Å². The first-order valence-electron chi connectivity index (χ1n) is 10.0. The SMILES string of the molecule is O=c1[nH]c(Cc2ccccc2)nc2c1C1(CCCCC1)Cc1ccccc1-2. The Hall–Kier alpha value is -2.68. The third-order valence-corrected chi connectivity index (χ3v) is 6.33. The van der Waals surface area contributed by atoms with Crippen molar-refractivity contribution in [2.24, 2.45) is 0 Å². The van der Waals surface area contributed by atoms with Crippen LogP contribution >= 0.6 is 0 Å². The van der Waals surface area contributed by atoms with E-state index in [0.717, 1.165) is 47.5 Å². The van der Waals surface area contributed by atoms with Gasteiger partial charge in [-0.3, -0.25) is 4.79 Å². The van der Waals surface area contributed by atoms with Crippen molar-refractivity contribution in [3.8, 4) is 11.3 Å². The van der Waals surface area contributed by atoms with E-state index in [2.05, 4.69) is 41.4 Å². The maximum atomic E-state index is 13.3. The number of nitrogens with zero attached hydrogens (tertiary/aromatic N) is 1. The summed E-state index contributed by atoms with van der Waals surface area (Å²) < 4.78 is 0. The van der Waals surface area contributed by atoms with Crippen LogP contribution in [0.5, 0.6) is 0 Å². The lowest BCUT2D eigenvalue weighted by molar-refractivity contribution is 0.285. The summed E-state index contributed by atoms with van der Waals surface area (Å²) >= 11 is 0. The van der Waals surface area contributed by atoms with Crippen molar-refractivity contribution < 1.29 is 0 Å². The molecule has 27 heavy (non-hydrogen) atoms. The van der Waals surface area contributed by atoms with Crippen LogP contribution in [0.2, 0.25) is 0 Å². The predicted octanol–water partition coefficient (Wildman–Crippen LogP) is 4.79. The number of H-pyrrole nitrogens is 1. The fraction of sp³-hybridized carbons (Fsp3) is 0.333. The van der Waals surface area contributed by atoms with E-state index >= 15 is 0 Å². The monoisotopic (exact) mass is 356 g/mol. The van der Waals surface area contributed by atoms with Crippen LogP contribution in [0.3, 0.4) is 0 Å². The molecular formula is C24H24N2O. The molecule has 0 radical (unpaired) electrons. The Morgan fingerprint density at radius 2 is 1.67 bits per heavy atom. The van der Waals surface area contributed by atoms with Gasteiger partial charge in [-0.1, -0.05) is 73.9 Å². The van der Waals surface area contributed by atoms with Crippen molar-refractivity contribution in [2.45, 2.75) is 50.4 Å². The summed E-state index contributed by atoms with van der Waals surface area (Å²) in [5.74, 6) is 0.757. The summed E-state index contributed by atoms with van der Waals surface area (Å²) in [5, 5.41) is 0. The Balaban J connectivity index is 1.68. The van der Waals surface area contributed by atoms with Crippen LogP contribution in [0.15, 0.2) is 59.4 Å². The highest BCUT2D eigenvalue weighted by atomic mass is 16.1. The molecule has 5 rings (SSSR count). The van der Waals surface area contributed by atoms with Crippen molar-refractivity contribution in [3.05, 3.63) is 87.5 Å². The number of hydrogen-bond acceptors (Lipinski definition) is 2. The topological polar surface area (TPSA) is 45.8 Å². The van der Waals surface area contributed by atoms with Gasteiger partial charge in [0.15, 0.2) is 0 Å². The minimum Gasteiger partial charge on any atom is -0.310 e. The first-order chi connectivity index (χ1) is 13.3. The zero-order valence-corrected chi connectivity index (χ0v) is 15.5. The molecule has 136 valence electrons. The van der Waals surface area contributed by atoms with Crippen molar-refractivity contribution >= 4 is 0 Å². The van der Waals surface area contributed by atoms with E-state index in [1.165, 1.54) is 24.8 Å². The molecule has 0 bridgehead atoms. The van der Waals surface area contributed by atoms with E-state index in [1.54, 1.807) is 0 Å². The second-order valence-electron chi connectivity index (χ2n) is 8.07. The zero-order chi connectivity index (χ0) is 18.3. The van der Waals surface area contributed by atoms with Gasteiger partial charge in [0, 0.05) is 17.4 Å². The average molecular weight is 356 g/mol. The molecular weight excluding hydrogens is 332 g/mol. The molecule has 3 heteroatoms. The average Bonchev–Trinajstić information content (AvgIpc) is 2.69. The number of aromatic amines is 1. The summed E-state index contributed by atoms with van der Waals surface area (Å²) in [7, 11) is 0. The standard InChI is InChI=1S/C24H24N2O/c27-23-21-22(25-20(26-23)15-17-9-3-1-4-10-17)19-12-6-5-11-18(19)16-24(21)13-7-2-8-14-24/h1,3-6,9-12H,2,7-8,13-16H2,(H,25,26,27). The molecule has 3 aromatic rings. The highest BCUT2D eigenvalue weighted by Gasteiger charge is 2.42. The van der Waals surface area contributed by atoms with Gasteiger partial charge in [0.05, 0.1) is 11.3 Å². The lowest BCUT2D eigenvalue weighted by atomic mass is 9.62. The first-order valence-corrected chi connectivity index (χ1v) is 10.0. The Bertz CT molecular complexity index is 1030. The van der Waals surface area contributed by atoms with Gasteiger partial charge >= 0.3 is 0 Å². The van der Waals surface area contributed by atoms with Crippen molar-refractivity contribution in [1.82, 2.24) is 9.97 Å². The normalized spacial score (nSPS) is 17.3. The second-order valence-corrected chi connectivity index (χ2v) is 8.07. The van der Waals surface area contributed by atoms with Crippen LogP contribution < -0.4 is 5.56 Å². The fourth-order valence-electron chi connectivity index (χ4n) is 5.09. The van der Waals surface area contributed by atoms with Gasteiger partial charge in [-0.15, -0.1) is 0 Å². The molecule has 0 aliphatic heterocycles. The van der Waals surface area contributed by atoms with Gasteiger partial charge in [0.1, 0.15) is 5.82 Å². The molecule has 0 amide bonds. The number of fused-ring (bicyclic) bond motifs is 4. The second kappa shape index (κ2) is 6.49. The van der Waals surface area contributed by atoms with Gasteiger partial charge < -0.3 is 4.98 Å². The molecule has 2 aromatic carbocycles. The summed E-state index contributed by atoms with van der Waals surface area (Å²) in [5.41, 5.74) is 5.55. The third-order valence-electron chi connectivity index (χ3n) is 6.33. The minimum atomic E-state index is -0.0339. The minimum absolute atomic E-state index is 0.0339. The van der Waals surface area contributed by atoms with Crippen LogP contribution in [0.25, 0.3) is 11.3 Å². The molecule has 2 aliphatic rings. The highest BCUT2D eigenvalue weighted by molar-refractivity contribution is 5.71. The van der Waals surface area contributed by atoms with E-state index in [9.17, 15) is 4.79 Å². The summed E-state index contributed by atoms with van der Waals surface area (Å²) in [6, 6.07) is 18.7. The Labute approximate surface area is 159 Å².